The number of piperazine rings is 1. The van der Waals surface area contributed by atoms with Crippen LogP contribution in [0.4, 0.5) is 0 Å². The van der Waals surface area contributed by atoms with Crippen LogP contribution >= 0.6 is 0 Å². The Morgan fingerprint density at radius 1 is 0.963 bits per heavy atom. The second-order valence-corrected chi connectivity index (χ2v) is 8.72. The molecule has 2 aromatic rings. The third kappa shape index (κ3) is 5.28. The van der Waals surface area contributed by atoms with Crippen molar-refractivity contribution in [3.8, 4) is 0 Å². The third-order valence-electron chi connectivity index (χ3n) is 4.66. The Labute approximate surface area is 160 Å². The first-order chi connectivity index (χ1) is 12.9. The standard InChI is InChI=1S/C21H24N2O3S/c1-27(25,26)20-11-9-19(10-12-20)21(24)23-16-14-22(15-17-23)13-5-8-18-6-3-2-4-7-18/h2-12H,13-17H2,1H3. The first-order valence-corrected chi connectivity index (χ1v) is 10.9. The normalized spacial score (nSPS) is 16.0. The largest absolute Gasteiger partial charge is 0.336 e. The first kappa shape index (κ1) is 19.3. The summed E-state index contributed by atoms with van der Waals surface area (Å²) in [4.78, 5) is 17.0. The molecule has 0 atom stereocenters. The molecule has 0 bridgehead atoms. The lowest BCUT2D eigenvalue weighted by Crippen LogP contribution is -2.48. The minimum Gasteiger partial charge on any atom is -0.336 e. The monoisotopic (exact) mass is 384 g/mol. The van der Waals surface area contributed by atoms with Crippen molar-refractivity contribution < 1.29 is 13.2 Å². The molecule has 1 aliphatic heterocycles. The molecule has 1 amide bonds. The molecular formula is C21H24N2O3S. The fraction of sp³-hybridized carbons (Fsp3) is 0.286. The number of sulfone groups is 1. The second kappa shape index (κ2) is 8.50. The predicted molar refractivity (Wildman–Crippen MR) is 107 cm³/mol. The van der Waals surface area contributed by atoms with E-state index in [0.29, 0.717) is 18.7 Å². The molecule has 6 heteroatoms. The fourth-order valence-electron chi connectivity index (χ4n) is 3.06. The third-order valence-corrected chi connectivity index (χ3v) is 5.79. The number of amides is 1. The number of hydrogen-bond donors (Lipinski definition) is 0. The highest BCUT2D eigenvalue weighted by molar-refractivity contribution is 7.90. The summed E-state index contributed by atoms with van der Waals surface area (Å²) in [7, 11) is -3.24. The van der Waals surface area contributed by atoms with Crippen molar-refractivity contribution >= 4 is 21.8 Å². The molecule has 0 aliphatic carbocycles. The number of hydrogen-bond acceptors (Lipinski definition) is 4. The van der Waals surface area contributed by atoms with Crippen LogP contribution in [-0.4, -0.2) is 63.1 Å². The summed E-state index contributed by atoms with van der Waals surface area (Å²) in [6.45, 7) is 3.86. The zero-order chi connectivity index (χ0) is 19.3. The van der Waals surface area contributed by atoms with Gasteiger partial charge in [0.25, 0.3) is 5.91 Å². The highest BCUT2D eigenvalue weighted by Crippen LogP contribution is 2.13. The average Bonchev–Trinajstić information content (AvgIpc) is 2.68. The van der Waals surface area contributed by atoms with Gasteiger partial charge in [-0.2, -0.15) is 0 Å². The lowest BCUT2D eigenvalue weighted by atomic mass is 10.2. The number of benzene rings is 2. The van der Waals surface area contributed by atoms with Gasteiger partial charge in [-0.1, -0.05) is 42.5 Å². The minimum absolute atomic E-state index is 0.0467. The van der Waals surface area contributed by atoms with Gasteiger partial charge in [-0.15, -0.1) is 0 Å². The summed E-state index contributed by atoms with van der Waals surface area (Å²) < 4.78 is 23.0. The highest BCUT2D eigenvalue weighted by Gasteiger charge is 2.21. The predicted octanol–water partition coefficient (Wildman–Crippen LogP) is 2.56. The SMILES string of the molecule is CS(=O)(=O)c1ccc(C(=O)N2CCN(CC=Cc3ccccc3)CC2)cc1. The second-order valence-electron chi connectivity index (χ2n) is 6.70. The molecule has 0 unspecified atom stereocenters. The molecule has 5 nitrogen and oxygen atoms in total. The van der Waals surface area contributed by atoms with Crippen molar-refractivity contribution in [1.29, 1.82) is 0 Å². The fourth-order valence-corrected chi connectivity index (χ4v) is 3.69. The summed E-state index contributed by atoms with van der Waals surface area (Å²) in [5, 5.41) is 0. The Balaban J connectivity index is 1.51. The van der Waals surface area contributed by atoms with Gasteiger partial charge >= 0.3 is 0 Å². The molecule has 1 fully saturated rings. The van der Waals surface area contributed by atoms with Crippen LogP contribution in [0, 0.1) is 0 Å². The Morgan fingerprint density at radius 2 is 1.59 bits per heavy atom. The van der Waals surface area contributed by atoms with Gasteiger partial charge in [0.1, 0.15) is 0 Å². The Morgan fingerprint density at radius 3 is 2.19 bits per heavy atom. The molecule has 3 rings (SSSR count). The van der Waals surface area contributed by atoms with E-state index in [1.54, 1.807) is 12.1 Å². The molecule has 1 aliphatic rings. The van der Waals surface area contributed by atoms with Crippen molar-refractivity contribution in [3.63, 3.8) is 0 Å². The smallest absolute Gasteiger partial charge is 0.253 e. The van der Waals surface area contributed by atoms with Crippen LogP contribution in [0.15, 0.2) is 65.6 Å². The molecule has 1 saturated heterocycles. The van der Waals surface area contributed by atoms with Crippen molar-refractivity contribution in [3.05, 3.63) is 71.8 Å². The van der Waals surface area contributed by atoms with Crippen LogP contribution in [0.1, 0.15) is 15.9 Å². The van der Waals surface area contributed by atoms with Crippen LogP contribution in [0.5, 0.6) is 0 Å². The number of nitrogens with zero attached hydrogens (tertiary/aromatic N) is 2. The topological polar surface area (TPSA) is 57.7 Å². The van der Waals surface area contributed by atoms with Gasteiger partial charge in [0.05, 0.1) is 4.90 Å². The average molecular weight is 385 g/mol. The van der Waals surface area contributed by atoms with Crippen LogP contribution in [-0.2, 0) is 9.84 Å². The quantitative estimate of drug-likeness (QED) is 0.795. The molecule has 0 saturated carbocycles. The molecule has 0 N–H and O–H groups in total. The summed E-state index contributed by atoms with van der Waals surface area (Å²) in [5.41, 5.74) is 1.71. The number of carbonyl (C=O) groups excluding carboxylic acids is 1. The summed E-state index contributed by atoms with van der Waals surface area (Å²) in [6.07, 6.45) is 5.42. The Bertz CT molecular complexity index is 898. The van der Waals surface area contributed by atoms with E-state index in [1.807, 2.05) is 23.1 Å². The maximum absolute atomic E-state index is 12.6. The summed E-state index contributed by atoms with van der Waals surface area (Å²) in [6, 6.07) is 16.4. The zero-order valence-electron chi connectivity index (χ0n) is 15.4. The molecule has 2 aromatic carbocycles. The zero-order valence-corrected chi connectivity index (χ0v) is 16.2. The van der Waals surface area contributed by atoms with Crippen molar-refractivity contribution in [2.24, 2.45) is 0 Å². The van der Waals surface area contributed by atoms with E-state index in [0.717, 1.165) is 25.9 Å². The van der Waals surface area contributed by atoms with Crippen LogP contribution in [0.3, 0.4) is 0 Å². The van der Waals surface area contributed by atoms with Gasteiger partial charge in [-0.05, 0) is 29.8 Å². The van der Waals surface area contributed by atoms with Crippen LogP contribution < -0.4 is 0 Å². The maximum Gasteiger partial charge on any atom is 0.253 e. The van der Waals surface area contributed by atoms with E-state index in [2.05, 4.69) is 29.2 Å². The molecule has 0 aromatic heterocycles. The van der Waals surface area contributed by atoms with Crippen molar-refractivity contribution in [1.82, 2.24) is 9.80 Å². The Hall–Kier alpha value is -2.44. The van der Waals surface area contributed by atoms with Gasteiger partial charge in [-0.25, -0.2) is 8.42 Å². The van der Waals surface area contributed by atoms with Crippen molar-refractivity contribution in [2.75, 3.05) is 39.0 Å². The molecule has 1 heterocycles. The molecule has 142 valence electrons. The summed E-state index contributed by atoms with van der Waals surface area (Å²) >= 11 is 0. The Kier molecular flexibility index (Phi) is 6.08. The number of rotatable bonds is 5. The van der Waals surface area contributed by atoms with Gasteiger partial charge < -0.3 is 4.90 Å². The first-order valence-electron chi connectivity index (χ1n) is 8.97. The van der Waals surface area contributed by atoms with Gasteiger partial charge in [0, 0.05) is 44.5 Å². The van der Waals surface area contributed by atoms with E-state index in [9.17, 15) is 13.2 Å². The lowest BCUT2D eigenvalue weighted by Gasteiger charge is -2.34. The van der Waals surface area contributed by atoms with Gasteiger partial charge in [-0.3, -0.25) is 9.69 Å². The van der Waals surface area contributed by atoms with E-state index in [-0.39, 0.29) is 10.8 Å². The minimum atomic E-state index is -3.24. The maximum atomic E-state index is 12.6. The van der Waals surface area contributed by atoms with Gasteiger partial charge in [0.15, 0.2) is 9.84 Å². The van der Waals surface area contributed by atoms with E-state index in [4.69, 9.17) is 0 Å². The molecule has 0 spiro atoms. The molecular weight excluding hydrogens is 360 g/mol. The van der Waals surface area contributed by atoms with Crippen LogP contribution in [0.2, 0.25) is 0 Å². The van der Waals surface area contributed by atoms with E-state index >= 15 is 0 Å². The summed E-state index contributed by atoms with van der Waals surface area (Å²) in [5.74, 6) is -0.0467. The highest BCUT2D eigenvalue weighted by atomic mass is 32.2. The van der Waals surface area contributed by atoms with E-state index in [1.165, 1.54) is 17.7 Å². The molecule has 0 radical (unpaired) electrons. The van der Waals surface area contributed by atoms with E-state index < -0.39 is 9.84 Å². The van der Waals surface area contributed by atoms with Crippen molar-refractivity contribution in [2.45, 2.75) is 4.90 Å². The van der Waals surface area contributed by atoms with Gasteiger partial charge in [0.2, 0.25) is 0 Å². The molecule has 27 heavy (non-hydrogen) atoms. The lowest BCUT2D eigenvalue weighted by molar-refractivity contribution is 0.0650. The number of carbonyl (C=O) groups is 1. The van der Waals surface area contributed by atoms with Crippen LogP contribution in [0.25, 0.3) is 6.08 Å².